The molecule has 2 N–H and O–H groups in total. The van der Waals surface area contributed by atoms with Gasteiger partial charge < -0.3 is 15.4 Å². The predicted molar refractivity (Wildman–Crippen MR) is 96.0 cm³/mol. The fourth-order valence-corrected chi connectivity index (χ4v) is 2.64. The van der Waals surface area contributed by atoms with Gasteiger partial charge in [-0.3, -0.25) is 9.67 Å². The van der Waals surface area contributed by atoms with Crippen LogP contribution in [-0.4, -0.2) is 49.1 Å². The van der Waals surface area contributed by atoms with Crippen molar-refractivity contribution in [3.05, 3.63) is 17.0 Å². The standard InChI is InChI=1S/C17H33N5O/c1-12-14(13(2)22(7)21-12)9-10-19-16(18-6)20-11-15(23-8)17(3,4)5/h15H,9-11H2,1-8H3,(H2,18,19,20). The molecule has 23 heavy (non-hydrogen) atoms. The molecule has 0 amide bonds. The second kappa shape index (κ2) is 8.34. The number of nitrogens with zero attached hydrogens (tertiary/aromatic N) is 3. The van der Waals surface area contributed by atoms with E-state index >= 15 is 0 Å². The van der Waals surface area contributed by atoms with Crippen LogP contribution in [0.15, 0.2) is 4.99 Å². The van der Waals surface area contributed by atoms with E-state index in [0.29, 0.717) is 0 Å². The largest absolute Gasteiger partial charge is 0.379 e. The van der Waals surface area contributed by atoms with Gasteiger partial charge in [0.25, 0.3) is 0 Å². The van der Waals surface area contributed by atoms with Crippen molar-refractivity contribution in [2.24, 2.45) is 17.5 Å². The summed E-state index contributed by atoms with van der Waals surface area (Å²) in [6.07, 6.45) is 1.06. The lowest BCUT2D eigenvalue weighted by Crippen LogP contribution is -2.45. The van der Waals surface area contributed by atoms with E-state index in [-0.39, 0.29) is 11.5 Å². The predicted octanol–water partition coefficient (Wildman–Crippen LogP) is 1.81. The van der Waals surface area contributed by atoms with Gasteiger partial charge >= 0.3 is 0 Å². The summed E-state index contributed by atoms with van der Waals surface area (Å²) in [4.78, 5) is 4.28. The van der Waals surface area contributed by atoms with Gasteiger partial charge in [-0.1, -0.05) is 20.8 Å². The van der Waals surface area contributed by atoms with E-state index in [1.165, 1.54) is 11.3 Å². The fraction of sp³-hybridized carbons (Fsp3) is 0.765. The summed E-state index contributed by atoms with van der Waals surface area (Å²) in [6.45, 7) is 12.2. The Bertz CT molecular complexity index is 528. The van der Waals surface area contributed by atoms with E-state index in [4.69, 9.17) is 4.74 Å². The first-order chi connectivity index (χ1) is 10.7. The van der Waals surface area contributed by atoms with Crippen LogP contribution in [0.3, 0.4) is 0 Å². The first-order valence-corrected chi connectivity index (χ1v) is 8.17. The van der Waals surface area contributed by atoms with Gasteiger partial charge in [0.15, 0.2) is 5.96 Å². The van der Waals surface area contributed by atoms with Crippen molar-refractivity contribution in [1.29, 1.82) is 0 Å². The summed E-state index contributed by atoms with van der Waals surface area (Å²) in [5.41, 5.74) is 3.71. The molecule has 132 valence electrons. The smallest absolute Gasteiger partial charge is 0.191 e. The molecule has 0 spiro atoms. The molecular formula is C17H33N5O. The SMILES string of the molecule is CN=C(NCCc1c(C)nn(C)c1C)NCC(OC)C(C)(C)C. The molecule has 1 heterocycles. The number of hydrogen-bond acceptors (Lipinski definition) is 3. The lowest BCUT2D eigenvalue weighted by atomic mass is 9.89. The van der Waals surface area contributed by atoms with Gasteiger partial charge in [-0.15, -0.1) is 0 Å². The molecule has 0 fully saturated rings. The monoisotopic (exact) mass is 323 g/mol. The zero-order chi connectivity index (χ0) is 17.6. The number of rotatable bonds is 6. The molecule has 0 aliphatic rings. The number of nitrogens with one attached hydrogen (secondary N) is 2. The number of aliphatic imine (C=N–C) groups is 1. The number of guanidine groups is 1. The minimum atomic E-state index is 0.0878. The summed E-state index contributed by atoms with van der Waals surface area (Å²) < 4.78 is 7.50. The van der Waals surface area contributed by atoms with Crippen LogP contribution in [0.4, 0.5) is 0 Å². The molecule has 0 aromatic carbocycles. The Hall–Kier alpha value is -1.56. The van der Waals surface area contributed by atoms with Crippen LogP contribution < -0.4 is 10.6 Å². The van der Waals surface area contributed by atoms with Crippen LogP contribution in [0.2, 0.25) is 0 Å². The Balaban J connectivity index is 2.49. The summed E-state index contributed by atoms with van der Waals surface area (Å²) in [5.74, 6) is 0.801. The van der Waals surface area contributed by atoms with Gasteiger partial charge in [0, 0.05) is 40.0 Å². The molecule has 6 heteroatoms. The molecule has 6 nitrogen and oxygen atoms in total. The number of ether oxygens (including phenoxy) is 1. The van der Waals surface area contributed by atoms with E-state index in [1.807, 2.05) is 11.7 Å². The number of aryl methyl sites for hydroxylation is 2. The molecule has 0 radical (unpaired) electrons. The maximum absolute atomic E-state index is 5.56. The maximum atomic E-state index is 5.56. The van der Waals surface area contributed by atoms with E-state index < -0.39 is 0 Å². The van der Waals surface area contributed by atoms with Crippen molar-refractivity contribution in [3.8, 4) is 0 Å². The third-order valence-electron chi connectivity index (χ3n) is 4.26. The molecular weight excluding hydrogens is 290 g/mol. The van der Waals surface area contributed by atoms with E-state index in [2.05, 4.69) is 55.3 Å². The normalized spacial score (nSPS) is 14.0. The Labute approximate surface area is 140 Å². The molecule has 0 bridgehead atoms. The van der Waals surface area contributed by atoms with Crippen LogP contribution >= 0.6 is 0 Å². The minimum Gasteiger partial charge on any atom is -0.379 e. The zero-order valence-electron chi connectivity index (χ0n) is 15.9. The van der Waals surface area contributed by atoms with Crippen LogP contribution in [0, 0.1) is 19.3 Å². The summed E-state index contributed by atoms with van der Waals surface area (Å²) in [7, 11) is 5.52. The zero-order valence-corrected chi connectivity index (χ0v) is 15.9. The van der Waals surface area contributed by atoms with Crippen molar-refractivity contribution < 1.29 is 4.74 Å². The van der Waals surface area contributed by atoms with E-state index in [0.717, 1.165) is 31.2 Å². The Morgan fingerprint density at radius 1 is 1.30 bits per heavy atom. The quantitative estimate of drug-likeness (QED) is 0.619. The van der Waals surface area contributed by atoms with Gasteiger partial charge in [-0.2, -0.15) is 5.10 Å². The number of aromatic nitrogens is 2. The van der Waals surface area contributed by atoms with Crippen molar-refractivity contribution >= 4 is 5.96 Å². The summed E-state index contributed by atoms with van der Waals surface area (Å²) in [6, 6.07) is 0. The topological polar surface area (TPSA) is 63.5 Å². The highest BCUT2D eigenvalue weighted by atomic mass is 16.5. The third-order valence-corrected chi connectivity index (χ3v) is 4.26. The second-order valence-corrected chi connectivity index (χ2v) is 6.99. The second-order valence-electron chi connectivity index (χ2n) is 6.99. The maximum Gasteiger partial charge on any atom is 0.191 e. The van der Waals surface area contributed by atoms with E-state index in [1.54, 1.807) is 14.2 Å². The Morgan fingerprint density at radius 3 is 2.39 bits per heavy atom. The summed E-state index contributed by atoms with van der Waals surface area (Å²) in [5, 5.41) is 11.2. The van der Waals surface area contributed by atoms with Crippen molar-refractivity contribution in [2.45, 2.75) is 47.1 Å². The van der Waals surface area contributed by atoms with Crippen molar-refractivity contribution in [2.75, 3.05) is 27.2 Å². The van der Waals surface area contributed by atoms with Gasteiger partial charge in [0.1, 0.15) is 0 Å². The third kappa shape index (κ3) is 5.53. The van der Waals surface area contributed by atoms with Gasteiger partial charge in [0.2, 0.25) is 0 Å². The number of methoxy groups -OCH3 is 1. The molecule has 0 aliphatic carbocycles. The lowest BCUT2D eigenvalue weighted by Gasteiger charge is -2.30. The molecule has 0 aliphatic heterocycles. The number of hydrogen-bond donors (Lipinski definition) is 2. The van der Waals surface area contributed by atoms with Crippen molar-refractivity contribution in [1.82, 2.24) is 20.4 Å². The Kier molecular flexibility index (Phi) is 7.06. The van der Waals surface area contributed by atoms with E-state index in [9.17, 15) is 0 Å². The van der Waals surface area contributed by atoms with Gasteiger partial charge in [0.05, 0.1) is 11.8 Å². The molecule has 1 aromatic rings. The molecule has 1 atom stereocenters. The van der Waals surface area contributed by atoms with Crippen LogP contribution in [0.5, 0.6) is 0 Å². The first kappa shape index (κ1) is 19.5. The molecule has 0 saturated heterocycles. The molecule has 1 unspecified atom stereocenters. The highest BCUT2D eigenvalue weighted by molar-refractivity contribution is 5.79. The molecule has 0 saturated carbocycles. The summed E-state index contributed by atoms with van der Waals surface area (Å²) >= 11 is 0. The van der Waals surface area contributed by atoms with Gasteiger partial charge in [-0.05, 0) is 31.2 Å². The first-order valence-electron chi connectivity index (χ1n) is 8.17. The minimum absolute atomic E-state index is 0.0878. The van der Waals surface area contributed by atoms with Crippen LogP contribution in [-0.2, 0) is 18.2 Å². The van der Waals surface area contributed by atoms with Crippen LogP contribution in [0.25, 0.3) is 0 Å². The van der Waals surface area contributed by atoms with Crippen molar-refractivity contribution in [3.63, 3.8) is 0 Å². The fourth-order valence-electron chi connectivity index (χ4n) is 2.64. The van der Waals surface area contributed by atoms with Crippen LogP contribution in [0.1, 0.15) is 37.7 Å². The highest BCUT2D eigenvalue weighted by Crippen LogP contribution is 2.20. The molecule has 1 aromatic heterocycles. The Morgan fingerprint density at radius 2 is 1.96 bits per heavy atom. The average Bonchev–Trinajstić information content (AvgIpc) is 2.70. The lowest BCUT2D eigenvalue weighted by molar-refractivity contribution is 0.0205. The molecule has 1 rings (SSSR count). The van der Waals surface area contributed by atoms with Gasteiger partial charge in [-0.25, -0.2) is 0 Å². The average molecular weight is 323 g/mol. The highest BCUT2D eigenvalue weighted by Gasteiger charge is 2.24.